The molecule has 0 spiro atoms. The summed E-state index contributed by atoms with van der Waals surface area (Å²) in [5.74, 6) is -2.07. The Morgan fingerprint density at radius 3 is 2.34 bits per heavy atom. The molecule has 0 saturated carbocycles. The number of carbonyl (C=O) groups excluding carboxylic acids is 2. The van der Waals surface area contributed by atoms with Gasteiger partial charge in [0, 0.05) is 0 Å². The predicted octanol–water partition coefficient (Wildman–Crippen LogP) is 3.59. The number of nitrogens with zero attached hydrogens (tertiary/aromatic N) is 2. The van der Waals surface area contributed by atoms with E-state index in [0.29, 0.717) is 11.3 Å². The summed E-state index contributed by atoms with van der Waals surface area (Å²) in [6, 6.07) is 18.4. The number of amides is 2. The van der Waals surface area contributed by atoms with Crippen LogP contribution in [0.15, 0.2) is 72.8 Å². The second-order valence-corrected chi connectivity index (χ2v) is 7.58. The number of carbonyl (C=O) groups is 2. The number of methoxy groups -OCH3 is 1. The van der Waals surface area contributed by atoms with E-state index in [4.69, 9.17) is 9.57 Å². The minimum atomic E-state index is -1.04. The van der Waals surface area contributed by atoms with E-state index in [-0.39, 0.29) is 17.2 Å². The van der Waals surface area contributed by atoms with Gasteiger partial charge in [-0.3, -0.25) is 14.4 Å². The van der Waals surface area contributed by atoms with Crippen molar-refractivity contribution < 1.29 is 28.7 Å². The highest BCUT2D eigenvalue weighted by atomic mass is 19.1. The molecule has 2 saturated heterocycles. The topological polar surface area (TPSA) is 79.3 Å². The zero-order chi connectivity index (χ0) is 22.4. The maximum Gasteiger partial charge on any atom is 0.266 e. The molecule has 0 radical (unpaired) electrons. The number of hydrogen-bond donors (Lipinski definition) is 1. The van der Waals surface area contributed by atoms with Gasteiger partial charge < -0.3 is 9.84 Å². The molecule has 3 aromatic carbocycles. The first-order valence-electron chi connectivity index (χ1n) is 10.0. The minimum Gasteiger partial charge on any atom is -0.504 e. The lowest BCUT2D eigenvalue weighted by Crippen LogP contribution is -2.37. The number of fused-ring (bicyclic) bond motifs is 1. The van der Waals surface area contributed by atoms with Crippen molar-refractivity contribution in [1.29, 1.82) is 0 Å². The van der Waals surface area contributed by atoms with Crippen LogP contribution in [0.25, 0.3) is 0 Å². The van der Waals surface area contributed by atoms with E-state index in [1.54, 1.807) is 17.2 Å². The number of phenols is 1. The number of benzene rings is 3. The fraction of sp³-hybridized carbons (Fsp3) is 0.167. The highest BCUT2D eigenvalue weighted by Gasteiger charge is 2.60. The zero-order valence-corrected chi connectivity index (χ0v) is 17.0. The molecule has 1 N–H and O–H groups in total. The van der Waals surface area contributed by atoms with Crippen LogP contribution in [0.2, 0.25) is 0 Å². The van der Waals surface area contributed by atoms with Crippen LogP contribution < -0.4 is 14.7 Å². The van der Waals surface area contributed by atoms with Crippen molar-refractivity contribution >= 4 is 23.2 Å². The van der Waals surface area contributed by atoms with E-state index in [9.17, 15) is 19.1 Å². The number of halogens is 1. The van der Waals surface area contributed by atoms with E-state index in [2.05, 4.69) is 0 Å². The maximum atomic E-state index is 13.5. The number of para-hydroxylation sites is 1. The first kappa shape index (κ1) is 20.0. The highest BCUT2D eigenvalue weighted by molar-refractivity contribution is 6.23. The Hall–Kier alpha value is -3.91. The van der Waals surface area contributed by atoms with E-state index in [1.807, 2.05) is 30.3 Å². The monoisotopic (exact) mass is 434 g/mol. The normalized spacial score (nSPS) is 22.4. The second-order valence-electron chi connectivity index (χ2n) is 7.58. The molecule has 3 atom stereocenters. The van der Waals surface area contributed by atoms with Crippen LogP contribution in [0.5, 0.6) is 11.5 Å². The zero-order valence-electron chi connectivity index (χ0n) is 17.0. The van der Waals surface area contributed by atoms with Gasteiger partial charge in [-0.1, -0.05) is 24.3 Å². The smallest absolute Gasteiger partial charge is 0.266 e. The van der Waals surface area contributed by atoms with Gasteiger partial charge in [0.2, 0.25) is 5.91 Å². The summed E-state index contributed by atoms with van der Waals surface area (Å²) in [4.78, 5) is 33.8. The lowest BCUT2D eigenvalue weighted by atomic mass is 9.90. The molecule has 5 rings (SSSR count). The number of hydroxylamine groups is 1. The molecule has 2 amide bonds. The largest absolute Gasteiger partial charge is 0.504 e. The third-order valence-corrected chi connectivity index (χ3v) is 5.76. The Morgan fingerprint density at radius 1 is 0.938 bits per heavy atom. The van der Waals surface area contributed by atoms with Gasteiger partial charge in [0.1, 0.15) is 11.7 Å². The molecule has 2 aliphatic rings. The fourth-order valence-electron chi connectivity index (χ4n) is 4.28. The summed E-state index contributed by atoms with van der Waals surface area (Å²) in [5.41, 5.74) is 1.60. The molecule has 8 heteroatoms. The fourth-order valence-corrected chi connectivity index (χ4v) is 4.28. The lowest BCUT2D eigenvalue weighted by molar-refractivity contribution is -0.126. The van der Waals surface area contributed by atoms with Crippen molar-refractivity contribution in [3.05, 3.63) is 84.2 Å². The van der Waals surface area contributed by atoms with Gasteiger partial charge in [0.05, 0.1) is 24.5 Å². The van der Waals surface area contributed by atoms with E-state index < -0.39 is 35.7 Å². The molecule has 3 aromatic rings. The average molecular weight is 434 g/mol. The summed E-state index contributed by atoms with van der Waals surface area (Å²) in [5, 5.41) is 11.6. The summed E-state index contributed by atoms with van der Waals surface area (Å²) in [6.07, 6.45) is -1.04. The number of rotatable bonds is 4. The third-order valence-electron chi connectivity index (χ3n) is 5.76. The summed E-state index contributed by atoms with van der Waals surface area (Å²) < 4.78 is 18.6. The molecule has 2 aliphatic heterocycles. The van der Waals surface area contributed by atoms with E-state index >= 15 is 0 Å². The second kappa shape index (κ2) is 7.65. The minimum absolute atomic E-state index is 0.0419. The average Bonchev–Trinajstić information content (AvgIpc) is 3.32. The van der Waals surface area contributed by atoms with Crippen molar-refractivity contribution in [1.82, 2.24) is 0 Å². The molecule has 0 unspecified atom stereocenters. The van der Waals surface area contributed by atoms with Crippen LogP contribution >= 0.6 is 0 Å². The number of anilines is 2. The molecule has 0 bridgehead atoms. The van der Waals surface area contributed by atoms with Crippen LogP contribution in [-0.4, -0.2) is 30.1 Å². The van der Waals surface area contributed by atoms with Gasteiger partial charge in [-0.25, -0.2) is 14.4 Å². The van der Waals surface area contributed by atoms with E-state index in [0.717, 1.165) is 4.90 Å². The molecule has 0 aromatic heterocycles. The SMILES string of the molecule is COc1cc([C@@H]2[C@H]3C(=O)N(c4ccc(F)cc4)C(=O)[C@H]3ON2c2ccccc2)ccc1O. The van der Waals surface area contributed by atoms with Gasteiger partial charge in [-0.2, -0.15) is 0 Å². The Labute approximate surface area is 183 Å². The molecular weight excluding hydrogens is 415 g/mol. The molecule has 32 heavy (non-hydrogen) atoms. The quantitative estimate of drug-likeness (QED) is 0.633. The summed E-state index contributed by atoms with van der Waals surface area (Å²) in [6.45, 7) is 0. The van der Waals surface area contributed by atoms with Crippen molar-refractivity contribution in [3.8, 4) is 11.5 Å². The van der Waals surface area contributed by atoms with Crippen LogP contribution in [0.4, 0.5) is 15.8 Å². The van der Waals surface area contributed by atoms with Crippen LogP contribution in [0, 0.1) is 11.7 Å². The lowest BCUT2D eigenvalue weighted by Gasteiger charge is -2.29. The van der Waals surface area contributed by atoms with Gasteiger partial charge in [-0.05, 0) is 54.1 Å². The number of imide groups is 1. The van der Waals surface area contributed by atoms with Crippen molar-refractivity contribution in [2.45, 2.75) is 12.1 Å². The molecule has 2 fully saturated rings. The number of aromatic hydroxyl groups is 1. The van der Waals surface area contributed by atoms with Gasteiger partial charge in [0.15, 0.2) is 17.6 Å². The Balaban J connectivity index is 1.60. The summed E-state index contributed by atoms with van der Waals surface area (Å²) in [7, 11) is 1.43. The molecule has 7 nitrogen and oxygen atoms in total. The maximum absolute atomic E-state index is 13.5. The molecular formula is C24H19FN2O5. The number of phenolic OH excluding ortho intramolecular Hbond substituents is 1. The highest BCUT2D eigenvalue weighted by Crippen LogP contribution is 2.48. The van der Waals surface area contributed by atoms with Crippen molar-refractivity contribution in [2.75, 3.05) is 17.1 Å². The Kier molecular flexibility index (Phi) is 4.79. The standard InChI is InChI=1S/C24H19FN2O5/c1-31-19-13-14(7-12-18(19)28)21-20-22(32-27(21)17-5-3-2-4-6-17)24(30)26(23(20)29)16-10-8-15(25)9-11-16/h2-13,20-22,28H,1H3/t20-,21-,22+/m1/s1. The predicted molar refractivity (Wildman–Crippen MR) is 114 cm³/mol. The van der Waals surface area contributed by atoms with Gasteiger partial charge >= 0.3 is 0 Å². The molecule has 0 aliphatic carbocycles. The molecule has 2 heterocycles. The van der Waals surface area contributed by atoms with E-state index in [1.165, 1.54) is 37.4 Å². The Morgan fingerprint density at radius 2 is 1.66 bits per heavy atom. The van der Waals surface area contributed by atoms with Crippen LogP contribution in [0.1, 0.15) is 11.6 Å². The molecule has 162 valence electrons. The Bertz CT molecular complexity index is 1180. The first-order chi connectivity index (χ1) is 15.5. The van der Waals surface area contributed by atoms with Gasteiger partial charge in [0.25, 0.3) is 5.91 Å². The van der Waals surface area contributed by atoms with Gasteiger partial charge in [-0.15, -0.1) is 0 Å². The van der Waals surface area contributed by atoms with Crippen LogP contribution in [0.3, 0.4) is 0 Å². The summed E-state index contributed by atoms with van der Waals surface area (Å²) >= 11 is 0. The van der Waals surface area contributed by atoms with Crippen molar-refractivity contribution in [3.63, 3.8) is 0 Å². The van der Waals surface area contributed by atoms with Crippen LogP contribution in [-0.2, 0) is 14.4 Å². The first-order valence-corrected chi connectivity index (χ1v) is 10.0. The number of hydrogen-bond acceptors (Lipinski definition) is 6. The van der Waals surface area contributed by atoms with Crippen molar-refractivity contribution in [2.24, 2.45) is 5.92 Å². The number of ether oxygens (including phenoxy) is 1. The third kappa shape index (κ3) is 3.07.